The third-order valence-corrected chi connectivity index (χ3v) is 3.39. The largest absolute Gasteiger partial charge is 0.460 e. The number of hydrogen-bond acceptors (Lipinski definition) is 3. The van der Waals surface area contributed by atoms with E-state index < -0.39 is 0 Å². The van der Waals surface area contributed by atoms with Crippen LogP contribution in [0.2, 0.25) is 5.02 Å². The molecule has 0 saturated heterocycles. The number of furan rings is 1. The van der Waals surface area contributed by atoms with E-state index >= 15 is 0 Å². The summed E-state index contributed by atoms with van der Waals surface area (Å²) in [5.41, 5.74) is 8.07. The van der Waals surface area contributed by atoms with Crippen molar-refractivity contribution in [3.63, 3.8) is 0 Å². The molecule has 1 aromatic heterocycles. The Labute approximate surface area is 133 Å². The zero-order valence-electron chi connectivity index (χ0n) is 11.2. The number of hydrazine groups is 1. The summed E-state index contributed by atoms with van der Waals surface area (Å²) in [5.74, 6) is 1.63. The summed E-state index contributed by atoms with van der Waals surface area (Å²) in [6.45, 7) is 0.536. The molecule has 0 bridgehead atoms. The molecular weight excluding hydrogens is 306 g/mol. The van der Waals surface area contributed by atoms with Gasteiger partial charge >= 0.3 is 0 Å². The van der Waals surface area contributed by atoms with E-state index in [1.165, 1.54) is 0 Å². The van der Waals surface area contributed by atoms with Crippen molar-refractivity contribution >= 4 is 28.9 Å². The molecule has 1 aliphatic rings. The zero-order valence-corrected chi connectivity index (χ0v) is 12.7. The normalized spacial score (nSPS) is 12.7. The summed E-state index contributed by atoms with van der Waals surface area (Å²) in [7, 11) is 0. The molecule has 1 aromatic carbocycles. The monoisotopic (exact) mass is 319 g/mol. The van der Waals surface area contributed by atoms with Gasteiger partial charge in [-0.3, -0.25) is 5.43 Å². The van der Waals surface area contributed by atoms with Gasteiger partial charge in [0.05, 0.1) is 6.54 Å². The minimum absolute atomic E-state index is 0.536. The second kappa shape index (κ2) is 6.30. The van der Waals surface area contributed by atoms with Gasteiger partial charge in [-0.15, -0.1) is 0 Å². The second-order valence-corrected chi connectivity index (χ2v) is 5.48. The van der Waals surface area contributed by atoms with Crippen LogP contribution < -0.4 is 16.2 Å². The third-order valence-electron chi connectivity index (χ3n) is 2.94. The van der Waals surface area contributed by atoms with E-state index in [9.17, 15) is 0 Å². The Morgan fingerprint density at radius 3 is 2.67 bits per heavy atom. The Balaban J connectivity index is 1.51. The van der Waals surface area contributed by atoms with Crippen LogP contribution in [0.25, 0.3) is 11.3 Å². The van der Waals surface area contributed by atoms with E-state index in [1.807, 2.05) is 36.4 Å². The van der Waals surface area contributed by atoms with Crippen molar-refractivity contribution in [3.05, 3.63) is 59.0 Å². The molecule has 108 valence electrons. The van der Waals surface area contributed by atoms with Crippen LogP contribution >= 0.6 is 23.8 Å². The molecule has 0 aliphatic heterocycles. The van der Waals surface area contributed by atoms with Gasteiger partial charge in [-0.1, -0.05) is 17.7 Å². The molecule has 2 aromatic rings. The van der Waals surface area contributed by atoms with E-state index in [1.54, 1.807) is 0 Å². The van der Waals surface area contributed by atoms with Gasteiger partial charge in [0.15, 0.2) is 5.11 Å². The van der Waals surface area contributed by atoms with Gasteiger partial charge in [-0.25, -0.2) is 5.43 Å². The third kappa shape index (κ3) is 4.07. The first kappa shape index (κ1) is 14.1. The van der Waals surface area contributed by atoms with Gasteiger partial charge in [0.25, 0.3) is 0 Å². The smallest absolute Gasteiger partial charge is 0.185 e. The Morgan fingerprint density at radius 1 is 1.19 bits per heavy atom. The lowest BCUT2D eigenvalue weighted by molar-refractivity contribution is 0.485. The number of benzene rings is 1. The summed E-state index contributed by atoms with van der Waals surface area (Å²) < 4.78 is 5.76. The minimum Gasteiger partial charge on any atom is -0.460 e. The average Bonchev–Trinajstić information content (AvgIpc) is 3.15. The van der Waals surface area contributed by atoms with Gasteiger partial charge < -0.3 is 9.73 Å². The Hall–Kier alpha value is -1.82. The zero-order chi connectivity index (χ0) is 14.7. The van der Waals surface area contributed by atoms with Crippen LogP contribution in [0.3, 0.4) is 0 Å². The predicted molar refractivity (Wildman–Crippen MR) is 87.6 cm³/mol. The van der Waals surface area contributed by atoms with Gasteiger partial charge in [0, 0.05) is 22.7 Å². The number of rotatable bonds is 5. The topological polar surface area (TPSA) is 49.2 Å². The number of nitrogens with one attached hydrogen (secondary N) is 3. The first-order valence-corrected chi connectivity index (χ1v) is 7.33. The first-order valence-electron chi connectivity index (χ1n) is 6.54. The Morgan fingerprint density at radius 2 is 1.95 bits per heavy atom. The minimum atomic E-state index is 0.536. The van der Waals surface area contributed by atoms with Crippen LogP contribution in [0.1, 0.15) is 12.2 Å². The molecule has 1 aliphatic carbocycles. The molecule has 3 N–H and O–H groups in total. The van der Waals surface area contributed by atoms with Gasteiger partial charge in [0.1, 0.15) is 11.5 Å². The van der Waals surface area contributed by atoms with Crippen LogP contribution in [0.4, 0.5) is 0 Å². The van der Waals surface area contributed by atoms with Crippen LogP contribution in [0.15, 0.2) is 52.6 Å². The molecule has 0 spiro atoms. The van der Waals surface area contributed by atoms with Crippen molar-refractivity contribution in [1.29, 1.82) is 0 Å². The molecule has 0 radical (unpaired) electrons. The van der Waals surface area contributed by atoms with Crippen LogP contribution in [0, 0.1) is 0 Å². The van der Waals surface area contributed by atoms with Gasteiger partial charge in [-0.05, 0) is 48.6 Å². The summed E-state index contributed by atoms with van der Waals surface area (Å²) >= 11 is 11.0. The van der Waals surface area contributed by atoms with E-state index in [0.717, 1.165) is 29.2 Å². The highest BCUT2D eigenvalue weighted by atomic mass is 35.5. The maximum atomic E-state index is 5.87. The number of thiocarbonyl (C=S) groups is 1. The molecule has 0 atom stereocenters. The standard InChI is InChI=1S/C15H14ClN3OS/c16-11-3-1-10(2-4-11)14-8-7-13(20-14)9-17-19-15(21)18-12-5-6-12/h1-5,7-8,17H,6,9H2,(H2,18,19,21). The number of allylic oxidation sites excluding steroid dienone is 2. The molecule has 4 nitrogen and oxygen atoms in total. The highest BCUT2D eigenvalue weighted by Crippen LogP contribution is 2.23. The molecule has 0 amide bonds. The van der Waals surface area contributed by atoms with Crippen LogP contribution in [-0.2, 0) is 6.54 Å². The molecule has 1 heterocycles. The van der Waals surface area contributed by atoms with Crippen LogP contribution in [-0.4, -0.2) is 5.11 Å². The van der Waals surface area contributed by atoms with Gasteiger partial charge in [-0.2, -0.15) is 0 Å². The van der Waals surface area contributed by atoms with Crippen molar-refractivity contribution < 1.29 is 4.42 Å². The maximum Gasteiger partial charge on any atom is 0.185 e. The SMILES string of the molecule is S=C(NNCc1ccc(-c2ccc(Cl)cc2)o1)NC1=CC1. The quantitative estimate of drug-likeness (QED) is 0.583. The Bertz CT molecular complexity index is 678. The van der Waals surface area contributed by atoms with E-state index in [4.69, 9.17) is 28.2 Å². The van der Waals surface area contributed by atoms with Crippen molar-refractivity contribution in [1.82, 2.24) is 16.2 Å². The lowest BCUT2D eigenvalue weighted by atomic mass is 10.2. The van der Waals surface area contributed by atoms with Crippen molar-refractivity contribution in [3.8, 4) is 11.3 Å². The van der Waals surface area contributed by atoms with Crippen molar-refractivity contribution in [2.45, 2.75) is 13.0 Å². The molecular formula is C15H14ClN3OS. The van der Waals surface area contributed by atoms with E-state index in [-0.39, 0.29) is 0 Å². The fourth-order valence-corrected chi connectivity index (χ4v) is 2.11. The maximum absolute atomic E-state index is 5.87. The van der Waals surface area contributed by atoms with Crippen molar-refractivity contribution in [2.75, 3.05) is 0 Å². The predicted octanol–water partition coefficient (Wildman–Crippen LogP) is 3.36. The average molecular weight is 320 g/mol. The number of hydrogen-bond donors (Lipinski definition) is 3. The van der Waals surface area contributed by atoms with Crippen LogP contribution in [0.5, 0.6) is 0 Å². The molecule has 0 unspecified atom stereocenters. The molecule has 6 heteroatoms. The Kier molecular flexibility index (Phi) is 4.24. The highest BCUT2D eigenvalue weighted by molar-refractivity contribution is 7.80. The van der Waals surface area contributed by atoms with E-state index in [0.29, 0.717) is 16.7 Å². The molecule has 21 heavy (non-hydrogen) atoms. The number of halogens is 1. The fraction of sp³-hybridized carbons (Fsp3) is 0.133. The summed E-state index contributed by atoms with van der Waals surface area (Å²) in [5, 5.41) is 4.32. The lowest BCUT2D eigenvalue weighted by Crippen LogP contribution is -2.42. The highest BCUT2D eigenvalue weighted by Gasteiger charge is 2.08. The second-order valence-electron chi connectivity index (χ2n) is 4.64. The molecule has 0 saturated carbocycles. The van der Waals surface area contributed by atoms with Crippen molar-refractivity contribution in [2.24, 2.45) is 0 Å². The lowest BCUT2D eigenvalue weighted by Gasteiger charge is -2.08. The molecule has 3 rings (SSSR count). The van der Waals surface area contributed by atoms with E-state index in [2.05, 4.69) is 22.2 Å². The summed E-state index contributed by atoms with van der Waals surface area (Å²) in [6, 6.07) is 11.4. The summed E-state index contributed by atoms with van der Waals surface area (Å²) in [4.78, 5) is 0. The molecule has 0 fully saturated rings. The van der Waals surface area contributed by atoms with Gasteiger partial charge in [0.2, 0.25) is 0 Å². The first-order chi connectivity index (χ1) is 10.2. The summed E-state index contributed by atoms with van der Waals surface area (Å²) in [6.07, 6.45) is 3.06. The fourth-order valence-electron chi connectivity index (χ4n) is 1.78.